The van der Waals surface area contributed by atoms with Crippen LogP contribution in [-0.4, -0.2) is 22.3 Å². The number of non-ortho nitro benzene ring substituents is 1. The Bertz CT molecular complexity index is 1040. The molecule has 0 aliphatic rings. The lowest BCUT2D eigenvalue weighted by atomic mass is 10.2. The number of hydrogen-bond donors (Lipinski definition) is 1. The number of aromatic nitrogens is 1. The minimum Gasteiger partial charge on any atom is -0.490 e. The number of nitro benzene ring substituents is 1. The van der Waals surface area contributed by atoms with E-state index in [0.717, 1.165) is 28.4 Å². The van der Waals surface area contributed by atoms with E-state index in [9.17, 15) is 10.1 Å². The van der Waals surface area contributed by atoms with Crippen LogP contribution < -0.4 is 10.2 Å². The summed E-state index contributed by atoms with van der Waals surface area (Å²) < 4.78 is 7.68. The number of nitrogens with zero attached hydrogens (tertiary/aromatic N) is 3. The fraction of sp³-hybridized carbons (Fsp3) is 0.136. The molecular formula is C22H22N4O3. The van der Waals surface area contributed by atoms with Crippen molar-refractivity contribution < 1.29 is 9.66 Å². The molecule has 0 aliphatic carbocycles. The monoisotopic (exact) mass is 390 g/mol. The van der Waals surface area contributed by atoms with Crippen LogP contribution in [-0.2, 0) is 0 Å². The van der Waals surface area contributed by atoms with Crippen molar-refractivity contribution in [1.29, 1.82) is 0 Å². The Labute approximate surface area is 169 Å². The molecule has 0 unspecified atom stereocenters. The number of ether oxygens (including phenoxy) is 1. The zero-order valence-electron chi connectivity index (χ0n) is 16.3. The number of aryl methyl sites for hydroxylation is 1. The van der Waals surface area contributed by atoms with Gasteiger partial charge in [-0.05, 0) is 56.3 Å². The summed E-state index contributed by atoms with van der Waals surface area (Å²) in [6, 6.07) is 16.0. The number of rotatable bonds is 8. The second-order valence-electron chi connectivity index (χ2n) is 6.43. The van der Waals surface area contributed by atoms with Crippen LogP contribution in [0.2, 0.25) is 0 Å². The first-order chi connectivity index (χ1) is 14.0. The first-order valence-corrected chi connectivity index (χ1v) is 9.06. The van der Waals surface area contributed by atoms with Crippen LogP contribution in [0.4, 0.5) is 11.4 Å². The van der Waals surface area contributed by atoms with E-state index in [1.165, 1.54) is 12.1 Å². The predicted octanol–water partition coefficient (Wildman–Crippen LogP) is 5.01. The minimum atomic E-state index is -0.431. The van der Waals surface area contributed by atoms with Crippen molar-refractivity contribution in [1.82, 2.24) is 4.57 Å². The highest BCUT2D eigenvalue weighted by atomic mass is 16.6. The van der Waals surface area contributed by atoms with Crippen LogP contribution in [0.5, 0.6) is 5.75 Å². The Kier molecular flexibility index (Phi) is 6.09. The lowest BCUT2D eigenvalue weighted by Gasteiger charge is -2.11. The normalized spacial score (nSPS) is 10.8. The van der Waals surface area contributed by atoms with E-state index >= 15 is 0 Å². The zero-order chi connectivity index (χ0) is 20.8. The summed E-state index contributed by atoms with van der Waals surface area (Å²) in [7, 11) is 0. The Hall–Kier alpha value is -3.87. The van der Waals surface area contributed by atoms with Crippen molar-refractivity contribution in [3.63, 3.8) is 0 Å². The molecule has 0 bridgehead atoms. The largest absolute Gasteiger partial charge is 0.490 e. The Morgan fingerprint density at radius 2 is 1.86 bits per heavy atom. The van der Waals surface area contributed by atoms with Crippen LogP contribution in [0.1, 0.15) is 17.0 Å². The van der Waals surface area contributed by atoms with Gasteiger partial charge in [0.25, 0.3) is 5.69 Å². The van der Waals surface area contributed by atoms with Gasteiger partial charge in [0, 0.05) is 34.8 Å². The van der Waals surface area contributed by atoms with E-state index in [-0.39, 0.29) is 5.69 Å². The molecule has 1 aromatic heterocycles. The van der Waals surface area contributed by atoms with Crippen molar-refractivity contribution in [3.05, 3.63) is 94.3 Å². The fourth-order valence-corrected chi connectivity index (χ4v) is 3.00. The van der Waals surface area contributed by atoms with Crippen LogP contribution >= 0.6 is 0 Å². The van der Waals surface area contributed by atoms with Crippen molar-refractivity contribution in [3.8, 4) is 11.4 Å². The highest BCUT2D eigenvalue weighted by Gasteiger charge is 2.10. The van der Waals surface area contributed by atoms with Crippen LogP contribution in [0.3, 0.4) is 0 Å². The number of anilines is 1. The quantitative estimate of drug-likeness (QED) is 0.254. The summed E-state index contributed by atoms with van der Waals surface area (Å²) in [5.41, 5.74) is 7.76. The molecule has 0 fully saturated rings. The predicted molar refractivity (Wildman–Crippen MR) is 115 cm³/mol. The van der Waals surface area contributed by atoms with Gasteiger partial charge in [0.15, 0.2) is 0 Å². The molecule has 0 atom stereocenters. The Morgan fingerprint density at radius 3 is 2.48 bits per heavy atom. The third-order valence-electron chi connectivity index (χ3n) is 4.41. The SMILES string of the molecule is C=CCOc1ccc(-n2c(C)cc(/C=N/Nc3ccc([N+](=O)[O-])cc3)c2C)cc1. The van der Waals surface area contributed by atoms with Crippen LogP contribution in [0, 0.1) is 24.0 Å². The van der Waals surface area contributed by atoms with E-state index in [1.54, 1.807) is 24.4 Å². The third kappa shape index (κ3) is 4.70. The van der Waals surface area contributed by atoms with Gasteiger partial charge in [-0.3, -0.25) is 15.5 Å². The molecule has 3 aromatic rings. The highest BCUT2D eigenvalue weighted by molar-refractivity contribution is 5.82. The Morgan fingerprint density at radius 1 is 1.17 bits per heavy atom. The minimum absolute atomic E-state index is 0.0454. The molecule has 0 saturated carbocycles. The van der Waals surface area contributed by atoms with E-state index in [0.29, 0.717) is 12.3 Å². The number of hydrazone groups is 1. The molecule has 0 aliphatic heterocycles. The average molecular weight is 390 g/mol. The summed E-state index contributed by atoms with van der Waals surface area (Å²) in [6.07, 6.45) is 3.45. The summed E-state index contributed by atoms with van der Waals surface area (Å²) >= 11 is 0. The van der Waals surface area contributed by atoms with Gasteiger partial charge in [0.1, 0.15) is 12.4 Å². The molecular weight excluding hydrogens is 368 g/mol. The summed E-state index contributed by atoms with van der Waals surface area (Å²) in [5.74, 6) is 0.796. The molecule has 7 heteroatoms. The summed E-state index contributed by atoms with van der Waals surface area (Å²) in [4.78, 5) is 10.3. The van der Waals surface area contributed by atoms with E-state index in [2.05, 4.69) is 27.7 Å². The summed E-state index contributed by atoms with van der Waals surface area (Å²) in [5, 5.41) is 15.0. The molecule has 0 saturated heterocycles. The van der Waals surface area contributed by atoms with E-state index < -0.39 is 4.92 Å². The molecule has 1 heterocycles. The molecule has 148 valence electrons. The van der Waals surface area contributed by atoms with Gasteiger partial charge in [-0.1, -0.05) is 12.7 Å². The smallest absolute Gasteiger partial charge is 0.269 e. The number of nitro groups is 1. The standard InChI is InChI=1S/C22H22N4O3/c1-4-13-29-22-11-9-20(10-12-22)25-16(2)14-18(17(25)3)15-23-24-19-5-7-21(8-6-19)26(27)28/h4-12,14-15,24H,1,13H2,2-3H3/b23-15+. The van der Waals surface area contributed by atoms with E-state index in [4.69, 9.17) is 4.74 Å². The molecule has 0 radical (unpaired) electrons. The molecule has 3 rings (SSSR count). The van der Waals surface area contributed by atoms with Crippen molar-refractivity contribution >= 4 is 17.6 Å². The second-order valence-corrected chi connectivity index (χ2v) is 6.43. The lowest BCUT2D eigenvalue weighted by molar-refractivity contribution is -0.384. The molecule has 1 N–H and O–H groups in total. The molecule has 0 spiro atoms. The maximum Gasteiger partial charge on any atom is 0.269 e. The second kappa shape index (κ2) is 8.88. The Balaban J connectivity index is 1.74. The zero-order valence-corrected chi connectivity index (χ0v) is 16.3. The molecule has 2 aromatic carbocycles. The van der Waals surface area contributed by atoms with Gasteiger partial charge < -0.3 is 9.30 Å². The molecule has 29 heavy (non-hydrogen) atoms. The van der Waals surface area contributed by atoms with Gasteiger partial charge in [-0.2, -0.15) is 5.10 Å². The number of nitrogens with one attached hydrogen (secondary N) is 1. The van der Waals surface area contributed by atoms with Gasteiger partial charge in [-0.15, -0.1) is 0 Å². The average Bonchev–Trinajstić information content (AvgIpc) is 3.00. The van der Waals surface area contributed by atoms with Gasteiger partial charge >= 0.3 is 0 Å². The van der Waals surface area contributed by atoms with Crippen molar-refractivity contribution in [2.75, 3.05) is 12.0 Å². The topological polar surface area (TPSA) is 81.7 Å². The van der Waals surface area contributed by atoms with Crippen LogP contribution in [0.15, 0.2) is 72.4 Å². The highest BCUT2D eigenvalue weighted by Crippen LogP contribution is 2.22. The fourth-order valence-electron chi connectivity index (χ4n) is 3.00. The lowest BCUT2D eigenvalue weighted by Crippen LogP contribution is -2.00. The molecule has 7 nitrogen and oxygen atoms in total. The maximum atomic E-state index is 10.7. The van der Waals surface area contributed by atoms with Gasteiger partial charge in [-0.25, -0.2) is 0 Å². The number of hydrogen-bond acceptors (Lipinski definition) is 5. The number of benzene rings is 2. The van der Waals surface area contributed by atoms with Gasteiger partial charge in [0.05, 0.1) is 16.8 Å². The van der Waals surface area contributed by atoms with Gasteiger partial charge in [0.2, 0.25) is 0 Å². The molecule has 0 amide bonds. The maximum absolute atomic E-state index is 10.7. The van der Waals surface area contributed by atoms with E-state index in [1.807, 2.05) is 38.1 Å². The third-order valence-corrected chi connectivity index (χ3v) is 4.41. The van der Waals surface area contributed by atoms with Crippen molar-refractivity contribution in [2.24, 2.45) is 5.10 Å². The summed E-state index contributed by atoms with van der Waals surface area (Å²) in [6.45, 7) is 8.19. The first-order valence-electron chi connectivity index (χ1n) is 9.06. The van der Waals surface area contributed by atoms with Crippen LogP contribution in [0.25, 0.3) is 5.69 Å². The first kappa shape index (κ1) is 19.9. The van der Waals surface area contributed by atoms with Crippen molar-refractivity contribution in [2.45, 2.75) is 13.8 Å².